The van der Waals surface area contributed by atoms with Gasteiger partial charge in [0, 0.05) is 24.0 Å². The molecule has 39 heavy (non-hydrogen) atoms. The lowest BCUT2D eigenvalue weighted by atomic mass is 9.91. The van der Waals surface area contributed by atoms with E-state index in [1.54, 1.807) is 24.3 Å². The topological polar surface area (TPSA) is 122 Å². The van der Waals surface area contributed by atoms with Crippen molar-refractivity contribution in [3.8, 4) is 6.07 Å². The van der Waals surface area contributed by atoms with Crippen LogP contribution in [0.25, 0.3) is 10.9 Å². The fourth-order valence-electron chi connectivity index (χ4n) is 4.84. The van der Waals surface area contributed by atoms with Crippen molar-refractivity contribution in [2.75, 3.05) is 7.11 Å². The number of benzene rings is 2. The largest absolute Gasteiger partial charge is 0.465 e. The van der Waals surface area contributed by atoms with Gasteiger partial charge < -0.3 is 24.7 Å². The maximum Gasteiger partial charge on any atom is 0.407 e. The molecular formula is C30H34N4O5. The van der Waals surface area contributed by atoms with Crippen molar-refractivity contribution in [1.29, 1.82) is 5.26 Å². The number of fused-ring (bicyclic) bond motifs is 1. The highest BCUT2D eigenvalue weighted by Crippen LogP contribution is 2.25. The van der Waals surface area contributed by atoms with Crippen molar-refractivity contribution in [3.05, 3.63) is 70.9 Å². The Bertz CT molecular complexity index is 1400. The van der Waals surface area contributed by atoms with Crippen LogP contribution in [0, 0.1) is 11.3 Å². The zero-order valence-corrected chi connectivity index (χ0v) is 22.7. The molecule has 0 aliphatic heterocycles. The second-order valence-electron chi connectivity index (χ2n) is 10.9. The first kappa shape index (κ1) is 27.7. The van der Waals surface area contributed by atoms with Crippen molar-refractivity contribution >= 4 is 28.9 Å². The van der Waals surface area contributed by atoms with Crippen LogP contribution in [0.4, 0.5) is 4.79 Å². The van der Waals surface area contributed by atoms with Crippen molar-refractivity contribution in [2.24, 2.45) is 0 Å². The number of rotatable bonds is 6. The number of methoxy groups -OCH3 is 1. The number of hydrogen-bond donors (Lipinski definition) is 2. The lowest BCUT2D eigenvalue weighted by molar-refractivity contribution is 0.0487. The summed E-state index contributed by atoms with van der Waals surface area (Å²) in [6, 6.07) is 16.4. The summed E-state index contributed by atoms with van der Waals surface area (Å²) in [4.78, 5) is 37.4. The number of carbonyl (C=O) groups excluding carboxylic acids is 3. The Kier molecular flexibility index (Phi) is 8.24. The van der Waals surface area contributed by atoms with Gasteiger partial charge in [0.15, 0.2) is 0 Å². The highest BCUT2D eigenvalue weighted by molar-refractivity contribution is 5.99. The summed E-state index contributed by atoms with van der Waals surface area (Å²) in [7, 11) is 1.34. The van der Waals surface area contributed by atoms with E-state index in [-0.39, 0.29) is 18.0 Å². The Morgan fingerprint density at radius 2 is 1.62 bits per heavy atom. The summed E-state index contributed by atoms with van der Waals surface area (Å²) in [6.45, 7) is 5.87. The standard InChI is InChI=1S/C30H34N4O5/c1-30(2,3)39-29(37)33-24-13-11-23(12-14-24)32-27(35)26-16-22-10-7-20(17-31)15-25(22)34(26)18-19-5-8-21(9-6-19)28(36)38-4/h5-10,15-16,23-24H,11-14,18H2,1-4H3,(H,32,35)(H,33,37)/t23-,24-. The molecule has 0 atom stereocenters. The molecule has 2 aromatic carbocycles. The van der Waals surface area contributed by atoms with Crippen molar-refractivity contribution in [3.63, 3.8) is 0 Å². The van der Waals surface area contributed by atoms with Crippen LogP contribution in [-0.2, 0) is 16.0 Å². The molecule has 2 N–H and O–H groups in total. The zero-order chi connectivity index (χ0) is 28.2. The molecular weight excluding hydrogens is 496 g/mol. The van der Waals surface area contributed by atoms with E-state index in [2.05, 4.69) is 16.7 Å². The summed E-state index contributed by atoms with van der Waals surface area (Å²) in [5.41, 5.74) is 2.56. The van der Waals surface area contributed by atoms with Gasteiger partial charge in [-0.3, -0.25) is 4.79 Å². The average molecular weight is 531 g/mol. The van der Waals surface area contributed by atoms with Gasteiger partial charge >= 0.3 is 12.1 Å². The number of aromatic nitrogens is 1. The minimum Gasteiger partial charge on any atom is -0.465 e. The van der Waals surface area contributed by atoms with Gasteiger partial charge in [0.05, 0.1) is 29.8 Å². The number of nitrogens with one attached hydrogen (secondary N) is 2. The summed E-state index contributed by atoms with van der Waals surface area (Å²) < 4.78 is 12.0. The zero-order valence-electron chi connectivity index (χ0n) is 22.7. The number of alkyl carbamates (subject to hydrolysis) is 1. The van der Waals surface area contributed by atoms with Crippen LogP contribution in [0.3, 0.4) is 0 Å². The maximum atomic E-state index is 13.5. The minimum absolute atomic E-state index is 0.0109. The molecule has 3 aromatic rings. The molecule has 0 unspecified atom stereocenters. The number of carbonyl (C=O) groups is 3. The number of ether oxygens (including phenoxy) is 2. The smallest absolute Gasteiger partial charge is 0.407 e. The number of hydrogen-bond acceptors (Lipinski definition) is 6. The Morgan fingerprint density at radius 3 is 2.21 bits per heavy atom. The first-order valence-electron chi connectivity index (χ1n) is 13.1. The fourth-order valence-corrected chi connectivity index (χ4v) is 4.84. The highest BCUT2D eigenvalue weighted by atomic mass is 16.6. The normalized spacial score (nSPS) is 17.2. The van der Waals surface area contributed by atoms with E-state index in [1.165, 1.54) is 7.11 Å². The summed E-state index contributed by atoms with van der Waals surface area (Å²) in [5, 5.41) is 16.4. The van der Waals surface area contributed by atoms with E-state index >= 15 is 0 Å². The molecule has 9 nitrogen and oxygen atoms in total. The molecule has 1 aliphatic carbocycles. The van der Waals surface area contributed by atoms with Gasteiger partial charge in [-0.05, 0) is 82.3 Å². The average Bonchev–Trinajstić information content (AvgIpc) is 3.26. The van der Waals surface area contributed by atoms with Crippen molar-refractivity contribution in [1.82, 2.24) is 15.2 Å². The molecule has 0 saturated heterocycles. The molecule has 204 valence electrons. The van der Waals surface area contributed by atoms with Crippen molar-refractivity contribution < 1.29 is 23.9 Å². The van der Waals surface area contributed by atoms with Crippen molar-refractivity contribution in [2.45, 2.75) is 70.7 Å². The van der Waals surface area contributed by atoms with Crippen LogP contribution in [0.15, 0.2) is 48.5 Å². The third-order valence-corrected chi connectivity index (χ3v) is 6.76. The lowest BCUT2D eigenvalue weighted by Crippen LogP contribution is -2.45. The van der Waals surface area contributed by atoms with Crippen LogP contribution in [0.5, 0.6) is 0 Å². The molecule has 0 bridgehead atoms. The fraction of sp³-hybridized carbons (Fsp3) is 0.400. The molecule has 1 heterocycles. The van der Waals surface area contributed by atoms with Crippen LogP contribution >= 0.6 is 0 Å². The van der Waals surface area contributed by atoms with E-state index in [1.807, 2.05) is 49.6 Å². The van der Waals surface area contributed by atoms with Crippen LogP contribution in [-0.4, -0.2) is 47.3 Å². The highest BCUT2D eigenvalue weighted by Gasteiger charge is 2.27. The monoisotopic (exact) mass is 530 g/mol. The number of nitriles is 1. The predicted molar refractivity (Wildman–Crippen MR) is 146 cm³/mol. The molecule has 9 heteroatoms. The Labute approximate surface area is 228 Å². The summed E-state index contributed by atoms with van der Waals surface area (Å²) >= 11 is 0. The Balaban J connectivity index is 1.49. The molecule has 1 aliphatic rings. The Hall–Kier alpha value is -4.32. The molecule has 0 spiro atoms. The second-order valence-corrected chi connectivity index (χ2v) is 10.9. The van der Waals surface area contributed by atoms with Gasteiger partial charge in [0.1, 0.15) is 11.3 Å². The molecule has 1 saturated carbocycles. The van der Waals surface area contributed by atoms with Gasteiger partial charge in [-0.25, -0.2) is 9.59 Å². The number of esters is 1. The maximum absolute atomic E-state index is 13.5. The predicted octanol–water partition coefficient (Wildman–Crippen LogP) is 4.91. The molecule has 2 amide bonds. The van der Waals surface area contributed by atoms with Crippen LogP contribution in [0.1, 0.15) is 78.4 Å². The lowest BCUT2D eigenvalue weighted by Gasteiger charge is -2.30. The molecule has 1 aromatic heterocycles. The molecule has 1 fully saturated rings. The first-order valence-corrected chi connectivity index (χ1v) is 13.1. The second kappa shape index (κ2) is 11.6. The van der Waals surface area contributed by atoms with Crippen LogP contribution in [0.2, 0.25) is 0 Å². The quantitative estimate of drug-likeness (QED) is 0.437. The third-order valence-electron chi connectivity index (χ3n) is 6.76. The first-order chi connectivity index (χ1) is 18.6. The minimum atomic E-state index is -0.550. The third kappa shape index (κ3) is 6.96. The molecule has 0 radical (unpaired) electrons. The van der Waals surface area contributed by atoms with E-state index in [0.29, 0.717) is 23.4 Å². The SMILES string of the molecule is COC(=O)c1ccc(Cn2c(C(=O)N[C@H]3CC[C@H](NC(=O)OC(C)(C)C)CC3)cc3ccc(C#N)cc32)cc1. The van der Waals surface area contributed by atoms with E-state index < -0.39 is 17.7 Å². The van der Waals surface area contributed by atoms with E-state index in [0.717, 1.165) is 42.1 Å². The van der Waals surface area contributed by atoms with Crippen LogP contribution < -0.4 is 10.6 Å². The van der Waals surface area contributed by atoms with Gasteiger partial charge in [-0.2, -0.15) is 5.26 Å². The van der Waals surface area contributed by atoms with Gasteiger partial charge in [0.2, 0.25) is 0 Å². The van der Waals surface area contributed by atoms with E-state index in [9.17, 15) is 19.6 Å². The number of nitrogens with zero attached hydrogens (tertiary/aromatic N) is 2. The Morgan fingerprint density at radius 1 is 0.974 bits per heavy atom. The van der Waals surface area contributed by atoms with Gasteiger partial charge in [0.25, 0.3) is 5.91 Å². The van der Waals surface area contributed by atoms with Gasteiger partial charge in [-0.1, -0.05) is 18.2 Å². The number of amides is 2. The van der Waals surface area contributed by atoms with Gasteiger partial charge in [-0.15, -0.1) is 0 Å². The van der Waals surface area contributed by atoms with E-state index in [4.69, 9.17) is 9.47 Å². The summed E-state index contributed by atoms with van der Waals surface area (Å²) in [6.07, 6.45) is 2.53. The molecule has 4 rings (SSSR count). The summed E-state index contributed by atoms with van der Waals surface area (Å²) in [5.74, 6) is -0.609.